The average Bonchev–Trinajstić information content (AvgIpc) is 2.49. The summed E-state index contributed by atoms with van der Waals surface area (Å²) in [7, 11) is 1.41. The normalized spacial score (nSPS) is 13.8. The number of ether oxygens (including phenoxy) is 1. The van der Waals surface area contributed by atoms with Crippen molar-refractivity contribution >= 4 is 0 Å². The number of nitrogens with two attached hydrogens (primary N) is 1. The molecule has 21 heavy (non-hydrogen) atoms. The van der Waals surface area contributed by atoms with Crippen LogP contribution in [0.5, 0.6) is 5.75 Å². The molecule has 0 aliphatic carbocycles. The molecule has 2 aromatic rings. The molecule has 2 rings (SSSR count). The number of rotatable bonds is 5. The Bertz CT molecular complexity index is 615. The highest BCUT2D eigenvalue weighted by molar-refractivity contribution is 5.35. The van der Waals surface area contributed by atoms with Crippen LogP contribution in [0.4, 0.5) is 4.39 Å². The number of aliphatic hydroxyl groups is 1. The van der Waals surface area contributed by atoms with Gasteiger partial charge >= 0.3 is 0 Å². The molecule has 0 heterocycles. The monoisotopic (exact) mass is 289 g/mol. The molecule has 2 atom stereocenters. The lowest BCUT2D eigenvalue weighted by Gasteiger charge is -2.24. The van der Waals surface area contributed by atoms with Crippen molar-refractivity contribution in [3.8, 4) is 5.75 Å². The van der Waals surface area contributed by atoms with Gasteiger partial charge in [-0.25, -0.2) is 4.39 Å². The van der Waals surface area contributed by atoms with Crippen LogP contribution in [0.15, 0.2) is 42.5 Å². The predicted molar refractivity (Wildman–Crippen MR) is 80.9 cm³/mol. The number of benzene rings is 2. The maximum atomic E-state index is 13.8. The van der Waals surface area contributed by atoms with Crippen molar-refractivity contribution in [2.45, 2.75) is 18.9 Å². The van der Waals surface area contributed by atoms with Gasteiger partial charge in [0.1, 0.15) is 0 Å². The van der Waals surface area contributed by atoms with E-state index in [1.807, 2.05) is 31.2 Å². The highest BCUT2D eigenvalue weighted by atomic mass is 19.1. The Labute approximate surface area is 124 Å². The third kappa shape index (κ3) is 3.23. The molecule has 4 heteroatoms. The van der Waals surface area contributed by atoms with Crippen molar-refractivity contribution in [2.24, 2.45) is 5.73 Å². The molecule has 112 valence electrons. The van der Waals surface area contributed by atoms with Gasteiger partial charge in [-0.05, 0) is 35.7 Å². The van der Waals surface area contributed by atoms with E-state index in [-0.39, 0.29) is 18.2 Å². The maximum absolute atomic E-state index is 13.8. The summed E-state index contributed by atoms with van der Waals surface area (Å²) in [6.07, 6.45) is -0.864. The number of hydrogen-bond acceptors (Lipinski definition) is 3. The molecule has 0 bridgehead atoms. The van der Waals surface area contributed by atoms with Gasteiger partial charge in [-0.1, -0.05) is 30.3 Å². The molecular formula is C17H20FNO2. The minimum absolute atomic E-state index is 0.158. The van der Waals surface area contributed by atoms with E-state index in [1.165, 1.54) is 19.2 Å². The fourth-order valence-electron chi connectivity index (χ4n) is 2.53. The molecule has 0 amide bonds. The second-order valence-corrected chi connectivity index (χ2v) is 5.04. The zero-order valence-electron chi connectivity index (χ0n) is 12.2. The van der Waals surface area contributed by atoms with Crippen LogP contribution in [0.1, 0.15) is 28.7 Å². The zero-order valence-corrected chi connectivity index (χ0v) is 12.2. The van der Waals surface area contributed by atoms with Crippen LogP contribution in [-0.4, -0.2) is 18.8 Å². The molecule has 3 nitrogen and oxygen atoms in total. The standard InChI is InChI=1S/C17H20FNO2/c1-11-5-3-4-6-13(11)14(10-19)17(20)12-7-8-16(21-2)15(18)9-12/h3-9,14,17,20H,10,19H2,1-2H3. The number of aliphatic hydroxyl groups excluding tert-OH is 1. The predicted octanol–water partition coefficient (Wildman–Crippen LogP) is 2.92. The van der Waals surface area contributed by atoms with E-state index < -0.39 is 11.9 Å². The molecule has 0 radical (unpaired) electrons. The molecule has 2 unspecified atom stereocenters. The zero-order chi connectivity index (χ0) is 15.4. The first-order valence-electron chi connectivity index (χ1n) is 6.85. The van der Waals surface area contributed by atoms with Crippen LogP contribution in [0, 0.1) is 12.7 Å². The van der Waals surface area contributed by atoms with E-state index in [9.17, 15) is 9.50 Å². The Morgan fingerprint density at radius 3 is 2.52 bits per heavy atom. The minimum Gasteiger partial charge on any atom is -0.494 e. The summed E-state index contributed by atoms with van der Waals surface area (Å²) >= 11 is 0. The molecule has 0 fully saturated rings. The van der Waals surface area contributed by atoms with Crippen molar-refractivity contribution in [3.05, 3.63) is 65.0 Å². The maximum Gasteiger partial charge on any atom is 0.165 e. The highest BCUT2D eigenvalue weighted by Gasteiger charge is 2.23. The van der Waals surface area contributed by atoms with Gasteiger partial charge in [0.05, 0.1) is 13.2 Å². The summed E-state index contributed by atoms with van der Waals surface area (Å²) in [5.41, 5.74) is 8.35. The van der Waals surface area contributed by atoms with Crippen LogP contribution in [-0.2, 0) is 0 Å². The van der Waals surface area contributed by atoms with Gasteiger partial charge in [0.2, 0.25) is 0 Å². The van der Waals surface area contributed by atoms with Crippen LogP contribution in [0.25, 0.3) is 0 Å². The second-order valence-electron chi connectivity index (χ2n) is 5.04. The second kappa shape index (κ2) is 6.70. The van der Waals surface area contributed by atoms with Crippen molar-refractivity contribution in [3.63, 3.8) is 0 Å². The van der Waals surface area contributed by atoms with Gasteiger partial charge in [-0.3, -0.25) is 0 Å². The smallest absolute Gasteiger partial charge is 0.165 e. The summed E-state index contributed by atoms with van der Waals surface area (Å²) in [6.45, 7) is 2.25. The van der Waals surface area contributed by atoms with Gasteiger partial charge in [-0.2, -0.15) is 0 Å². The van der Waals surface area contributed by atoms with Gasteiger partial charge in [0, 0.05) is 12.5 Å². The van der Waals surface area contributed by atoms with E-state index in [2.05, 4.69) is 0 Å². The molecular weight excluding hydrogens is 269 g/mol. The van der Waals surface area contributed by atoms with E-state index in [1.54, 1.807) is 6.07 Å². The third-order valence-electron chi connectivity index (χ3n) is 3.74. The molecule has 2 aromatic carbocycles. The van der Waals surface area contributed by atoms with Crippen molar-refractivity contribution in [1.82, 2.24) is 0 Å². The lowest BCUT2D eigenvalue weighted by Crippen LogP contribution is -2.21. The third-order valence-corrected chi connectivity index (χ3v) is 3.74. The summed E-state index contributed by atoms with van der Waals surface area (Å²) in [6, 6.07) is 12.2. The number of hydrogen-bond donors (Lipinski definition) is 2. The van der Waals surface area contributed by atoms with Crippen molar-refractivity contribution in [1.29, 1.82) is 0 Å². The van der Waals surface area contributed by atoms with E-state index in [4.69, 9.17) is 10.5 Å². The van der Waals surface area contributed by atoms with Gasteiger partial charge < -0.3 is 15.6 Å². The Morgan fingerprint density at radius 1 is 1.24 bits per heavy atom. The lowest BCUT2D eigenvalue weighted by molar-refractivity contribution is 0.146. The summed E-state index contributed by atoms with van der Waals surface area (Å²) in [5.74, 6) is -0.611. The Hall–Kier alpha value is -1.91. The number of halogens is 1. The van der Waals surface area contributed by atoms with Gasteiger partial charge in [0.25, 0.3) is 0 Å². The Kier molecular flexibility index (Phi) is 4.94. The van der Waals surface area contributed by atoms with Gasteiger partial charge in [0.15, 0.2) is 11.6 Å². The van der Waals surface area contributed by atoms with Crippen LogP contribution < -0.4 is 10.5 Å². The summed E-state index contributed by atoms with van der Waals surface area (Å²) in [4.78, 5) is 0. The fourth-order valence-corrected chi connectivity index (χ4v) is 2.53. The van der Waals surface area contributed by atoms with Crippen molar-refractivity contribution < 1.29 is 14.2 Å². The van der Waals surface area contributed by atoms with Gasteiger partial charge in [-0.15, -0.1) is 0 Å². The quantitative estimate of drug-likeness (QED) is 0.890. The Morgan fingerprint density at radius 2 is 1.95 bits per heavy atom. The average molecular weight is 289 g/mol. The topological polar surface area (TPSA) is 55.5 Å². The molecule has 0 spiro atoms. The van der Waals surface area contributed by atoms with Crippen molar-refractivity contribution in [2.75, 3.05) is 13.7 Å². The molecule has 0 aliphatic rings. The first-order chi connectivity index (χ1) is 10.1. The SMILES string of the molecule is COc1ccc(C(O)C(CN)c2ccccc2C)cc1F. The van der Waals surface area contributed by atoms with Crippen LogP contribution in [0.3, 0.4) is 0 Å². The summed E-state index contributed by atoms with van der Waals surface area (Å²) in [5, 5.41) is 10.6. The van der Waals surface area contributed by atoms with E-state index in [0.29, 0.717) is 5.56 Å². The van der Waals surface area contributed by atoms with Crippen LogP contribution in [0.2, 0.25) is 0 Å². The molecule has 0 aliphatic heterocycles. The first kappa shape index (κ1) is 15.5. The molecule has 3 N–H and O–H groups in total. The highest BCUT2D eigenvalue weighted by Crippen LogP contribution is 2.33. The number of aryl methyl sites for hydroxylation is 1. The van der Waals surface area contributed by atoms with E-state index >= 15 is 0 Å². The minimum atomic E-state index is -0.864. The number of methoxy groups -OCH3 is 1. The van der Waals surface area contributed by atoms with Crippen LogP contribution >= 0.6 is 0 Å². The largest absolute Gasteiger partial charge is 0.494 e. The lowest BCUT2D eigenvalue weighted by atomic mass is 9.87. The van der Waals surface area contributed by atoms with E-state index in [0.717, 1.165) is 11.1 Å². The summed E-state index contributed by atoms with van der Waals surface area (Å²) < 4.78 is 18.7. The first-order valence-corrected chi connectivity index (χ1v) is 6.85. The Balaban J connectivity index is 2.34. The fraction of sp³-hybridized carbons (Fsp3) is 0.294. The molecule has 0 aromatic heterocycles. The molecule has 0 saturated carbocycles. The molecule has 0 saturated heterocycles.